The van der Waals surface area contributed by atoms with E-state index in [0.717, 1.165) is 37.1 Å². The van der Waals surface area contributed by atoms with Crippen LogP contribution in [-0.2, 0) is 31.0 Å². The second-order valence-corrected chi connectivity index (χ2v) is 7.67. The number of rotatable bonds is 3. The summed E-state index contributed by atoms with van der Waals surface area (Å²) in [4.78, 5) is 37.2. The number of hydrogen-bond acceptors (Lipinski definition) is 5. The average Bonchev–Trinajstić information content (AvgIpc) is 3.19. The second-order valence-electron chi connectivity index (χ2n) is 7.67. The molecule has 27 heavy (non-hydrogen) atoms. The number of carbonyl (C=O) groups excluding carboxylic acids is 2. The summed E-state index contributed by atoms with van der Waals surface area (Å²) in [6.07, 6.45) is 6.45. The maximum absolute atomic E-state index is 12.8. The number of aromatic amines is 1. The van der Waals surface area contributed by atoms with Crippen molar-refractivity contribution < 1.29 is 19.1 Å². The van der Waals surface area contributed by atoms with Crippen LogP contribution in [0.15, 0.2) is 6.33 Å². The molecule has 4 rings (SSSR count). The van der Waals surface area contributed by atoms with Gasteiger partial charge in [-0.2, -0.15) is 0 Å². The van der Waals surface area contributed by atoms with Gasteiger partial charge in [0, 0.05) is 45.5 Å². The van der Waals surface area contributed by atoms with E-state index in [2.05, 4.69) is 9.97 Å². The highest BCUT2D eigenvalue weighted by molar-refractivity contribution is 5.81. The number of nitrogens with one attached hydrogen (secondary N) is 1. The molecule has 1 atom stereocenters. The van der Waals surface area contributed by atoms with Gasteiger partial charge >= 0.3 is 0 Å². The lowest BCUT2D eigenvalue weighted by Gasteiger charge is -2.50. The van der Waals surface area contributed by atoms with E-state index in [4.69, 9.17) is 9.47 Å². The van der Waals surface area contributed by atoms with Crippen LogP contribution in [0.2, 0.25) is 0 Å². The first-order valence-electron chi connectivity index (χ1n) is 9.88. The predicted molar refractivity (Wildman–Crippen MR) is 97.0 cm³/mol. The van der Waals surface area contributed by atoms with Crippen molar-refractivity contribution in [3.05, 3.63) is 17.7 Å². The number of aromatic nitrogens is 2. The molecular weight excluding hydrogens is 348 g/mol. The van der Waals surface area contributed by atoms with Gasteiger partial charge in [-0.05, 0) is 32.1 Å². The number of hydrogen-bond donors (Lipinski definition) is 1. The fourth-order valence-corrected chi connectivity index (χ4v) is 4.79. The van der Waals surface area contributed by atoms with Gasteiger partial charge in [-0.1, -0.05) is 0 Å². The zero-order chi connectivity index (χ0) is 18.9. The zero-order valence-electron chi connectivity index (χ0n) is 15.9. The maximum atomic E-state index is 12.8. The summed E-state index contributed by atoms with van der Waals surface area (Å²) in [6.45, 7) is 2.62. The highest BCUT2D eigenvalue weighted by Gasteiger charge is 2.49. The number of fused-ring (bicyclic) bond motifs is 2. The van der Waals surface area contributed by atoms with Crippen LogP contribution < -0.4 is 0 Å². The molecule has 2 saturated heterocycles. The molecule has 0 saturated carbocycles. The van der Waals surface area contributed by atoms with E-state index in [1.807, 2.05) is 9.80 Å². The number of imidazole rings is 1. The Morgan fingerprint density at radius 1 is 1.33 bits per heavy atom. The molecule has 8 heteroatoms. The van der Waals surface area contributed by atoms with Gasteiger partial charge in [-0.3, -0.25) is 9.59 Å². The van der Waals surface area contributed by atoms with E-state index in [-0.39, 0.29) is 24.5 Å². The molecule has 2 fully saturated rings. The smallest absolute Gasteiger partial charge is 0.251 e. The quantitative estimate of drug-likeness (QED) is 0.844. The molecule has 0 unspecified atom stereocenters. The standard InChI is InChI=1S/C19H28N4O4/c1-26-12-16(24)23-8-5-14-17(21-13-20-14)19(23)6-9-22(10-7-19)18(25)15-4-2-3-11-27-15/h13,15H,2-12H2,1H3,(H,20,21)/t15-/m0/s1. The average molecular weight is 376 g/mol. The first-order valence-corrected chi connectivity index (χ1v) is 9.88. The van der Waals surface area contributed by atoms with Crippen molar-refractivity contribution in [2.24, 2.45) is 0 Å². The molecule has 0 bridgehead atoms. The molecule has 1 N–H and O–H groups in total. The summed E-state index contributed by atoms with van der Waals surface area (Å²) in [6, 6.07) is 0. The molecule has 1 spiro atoms. The van der Waals surface area contributed by atoms with E-state index in [0.29, 0.717) is 39.1 Å². The van der Waals surface area contributed by atoms with Crippen LogP contribution >= 0.6 is 0 Å². The lowest BCUT2D eigenvalue weighted by atomic mass is 9.78. The van der Waals surface area contributed by atoms with Crippen LogP contribution in [0, 0.1) is 0 Å². The van der Waals surface area contributed by atoms with Gasteiger partial charge in [-0.25, -0.2) is 4.98 Å². The Balaban J connectivity index is 1.53. The third kappa shape index (κ3) is 3.25. The Hall–Kier alpha value is -1.93. The topological polar surface area (TPSA) is 87.8 Å². The zero-order valence-corrected chi connectivity index (χ0v) is 15.9. The third-order valence-corrected chi connectivity index (χ3v) is 6.19. The van der Waals surface area contributed by atoms with Crippen LogP contribution in [0.3, 0.4) is 0 Å². The summed E-state index contributed by atoms with van der Waals surface area (Å²) >= 11 is 0. The fraction of sp³-hybridized carbons (Fsp3) is 0.737. The lowest BCUT2D eigenvalue weighted by molar-refractivity contribution is -0.153. The SMILES string of the molecule is COCC(=O)N1CCc2[nH]cnc2C12CCN(C(=O)[C@@H]1CCCCO1)CC2. The second kappa shape index (κ2) is 7.59. The third-order valence-electron chi connectivity index (χ3n) is 6.19. The van der Waals surface area contributed by atoms with Gasteiger partial charge in [0.15, 0.2) is 0 Å². The van der Waals surface area contributed by atoms with Gasteiger partial charge in [0.2, 0.25) is 5.91 Å². The Morgan fingerprint density at radius 2 is 2.15 bits per heavy atom. The van der Waals surface area contributed by atoms with Gasteiger partial charge < -0.3 is 24.3 Å². The molecule has 1 aromatic rings. The molecule has 0 radical (unpaired) electrons. The normalized spacial score (nSPS) is 24.7. The number of carbonyl (C=O) groups is 2. The Labute approximate surface area is 159 Å². The van der Waals surface area contributed by atoms with Crippen molar-refractivity contribution in [3.63, 3.8) is 0 Å². The Kier molecular flexibility index (Phi) is 5.19. The number of ether oxygens (including phenoxy) is 2. The molecule has 0 aromatic carbocycles. The summed E-state index contributed by atoms with van der Waals surface area (Å²) in [5, 5.41) is 0. The van der Waals surface area contributed by atoms with Crippen LogP contribution in [-0.4, -0.2) is 77.6 Å². The minimum Gasteiger partial charge on any atom is -0.375 e. The molecular formula is C19H28N4O4. The minimum atomic E-state index is -0.451. The summed E-state index contributed by atoms with van der Waals surface area (Å²) < 4.78 is 10.8. The van der Waals surface area contributed by atoms with E-state index in [9.17, 15) is 9.59 Å². The highest BCUT2D eigenvalue weighted by atomic mass is 16.5. The van der Waals surface area contributed by atoms with E-state index in [1.54, 1.807) is 13.4 Å². The predicted octanol–water partition coefficient (Wildman–Crippen LogP) is 0.828. The first-order chi connectivity index (χ1) is 13.2. The van der Waals surface area contributed by atoms with Crippen molar-refractivity contribution in [1.82, 2.24) is 19.8 Å². The minimum absolute atomic E-state index is 0.0125. The van der Waals surface area contributed by atoms with Crippen molar-refractivity contribution in [3.8, 4) is 0 Å². The molecule has 3 aliphatic heterocycles. The largest absolute Gasteiger partial charge is 0.375 e. The van der Waals surface area contributed by atoms with E-state index >= 15 is 0 Å². The van der Waals surface area contributed by atoms with Crippen LogP contribution in [0.25, 0.3) is 0 Å². The number of H-pyrrole nitrogens is 1. The molecule has 3 aliphatic rings. The van der Waals surface area contributed by atoms with Crippen molar-refractivity contribution in [2.75, 3.05) is 40.0 Å². The lowest BCUT2D eigenvalue weighted by Crippen LogP contribution is -2.60. The fourth-order valence-electron chi connectivity index (χ4n) is 4.79. The number of piperidine rings is 1. The van der Waals surface area contributed by atoms with Crippen LogP contribution in [0.1, 0.15) is 43.5 Å². The van der Waals surface area contributed by atoms with E-state index < -0.39 is 5.54 Å². The molecule has 8 nitrogen and oxygen atoms in total. The first kappa shape index (κ1) is 18.4. The molecule has 4 heterocycles. The molecule has 0 aliphatic carbocycles. The number of methoxy groups -OCH3 is 1. The highest BCUT2D eigenvalue weighted by Crippen LogP contribution is 2.42. The van der Waals surface area contributed by atoms with Crippen molar-refractivity contribution in [1.29, 1.82) is 0 Å². The maximum Gasteiger partial charge on any atom is 0.251 e. The molecule has 148 valence electrons. The number of nitrogens with zero attached hydrogens (tertiary/aromatic N) is 3. The summed E-state index contributed by atoms with van der Waals surface area (Å²) in [5.74, 6) is 0.0823. The molecule has 1 aromatic heterocycles. The van der Waals surface area contributed by atoms with Crippen LogP contribution in [0.5, 0.6) is 0 Å². The van der Waals surface area contributed by atoms with Crippen LogP contribution in [0.4, 0.5) is 0 Å². The Bertz CT molecular complexity index is 690. The van der Waals surface area contributed by atoms with Gasteiger partial charge in [0.1, 0.15) is 12.7 Å². The summed E-state index contributed by atoms with van der Waals surface area (Å²) in [7, 11) is 1.54. The Morgan fingerprint density at radius 3 is 2.85 bits per heavy atom. The summed E-state index contributed by atoms with van der Waals surface area (Å²) in [5.41, 5.74) is 1.61. The molecule has 2 amide bonds. The monoisotopic (exact) mass is 376 g/mol. The number of likely N-dealkylation sites (tertiary alicyclic amines) is 1. The number of amides is 2. The van der Waals surface area contributed by atoms with Gasteiger partial charge in [-0.15, -0.1) is 0 Å². The van der Waals surface area contributed by atoms with E-state index in [1.165, 1.54) is 0 Å². The van der Waals surface area contributed by atoms with Crippen molar-refractivity contribution >= 4 is 11.8 Å². The van der Waals surface area contributed by atoms with Crippen molar-refractivity contribution in [2.45, 2.75) is 50.2 Å². The van der Waals surface area contributed by atoms with Gasteiger partial charge in [0.05, 0.1) is 17.6 Å². The van der Waals surface area contributed by atoms with Gasteiger partial charge in [0.25, 0.3) is 5.91 Å².